The zero-order valence-electron chi connectivity index (χ0n) is 9.64. The fourth-order valence-electron chi connectivity index (χ4n) is 1.79. The Morgan fingerprint density at radius 3 is 2.56 bits per heavy atom. The molecule has 0 amide bonds. The lowest BCUT2D eigenvalue weighted by molar-refractivity contribution is 0.0697. The summed E-state index contributed by atoms with van der Waals surface area (Å²) in [6.45, 7) is 4.22. The number of carboxylic acid groups (broad SMARTS) is 1. The van der Waals surface area contributed by atoms with E-state index in [1.165, 1.54) is 0 Å². The van der Waals surface area contributed by atoms with Gasteiger partial charge in [0.2, 0.25) is 0 Å². The number of rotatable bonds is 4. The molecule has 1 heterocycles. The van der Waals surface area contributed by atoms with E-state index < -0.39 is 5.97 Å². The Labute approximate surface area is 110 Å². The second-order valence-electron chi connectivity index (χ2n) is 3.88. The Bertz CT molecular complexity index is 584. The van der Waals surface area contributed by atoms with Gasteiger partial charge < -0.3 is 9.67 Å². The van der Waals surface area contributed by atoms with Crippen molar-refractivity contribution in [3.63, 3.8) is 0 Å². The van der Waals surface area contributed by atoms with Crippen molar-refractivity contribution in [2.24, 2.45) is 0 Å². The molecular weight excluding hydrogens is 250 g/mol. The van der Waals surface area contributed by atoms with Gasteiger partial charge in [-0.2, -0.15) is 0 Å². The standard InChI is InChI=1S/C14H12ClNO2/c1-2-7-16-8-12(13(9-16)14(17)18)10-3-5-11(15)6-4-10/h2-6,8-9H,1,7H2,(H,17,18). The molecular formula is C14H12ClNO2. The number of hydrogen-bond donors (Lipinski definition) is 1. The largest absolute Gasteiger partial charge is 0.478 e. The topological polar surface area (TPSA) is 42.2 Å². The highest BCUT2D eigenvalue weighted by molar-refractivity contribution is 6.30. The van der Waals surface area contributed by atoms with Crippen molar-refractivity contribution < 1.29 is 9.90 Å². The normalized spacial score (nSPS) is 10.3. The smallest absolute Gasteiger partial charge is 0.337 e. The minimum Gasteiger partial charge on any atom is -0.478 e. The zero-order chi connectivity index (χ0) is 13.1. The summed E-state index contributed by atoms with van der Waals surface area (Å²) in [5.74, 6) is -0.942. The molecule has 4 heteroatoms. The van der Waals surface area contributed by atoms with E-state index in [0.717, 1.165) is 5.56 Å². The van der Waals surface area contributed by atoms with Gasteiger partial charge in [-0.25, -0.2) is 4.79 Å². The fourth-order valence-corrected chi connectivity index (χ4v) is 1.92. The molecule has 0 fully saturated rings. The molecule has 0 saturated heterocycles. The molecule has 0 radical (unpaired) electrons. The minimum atomic E-state index is -0.942. The Kier molecular flexibility index (Phi) is 3.53. The number of benzene rings is 1. The van der Waals surface area contributed by atoms with Gasteiger partial charge in [-0.1, -0.05) is 29.8 Å². The van der Waals surface area contributed by atoms with Crippen LogP contribution in [0, 0.1) is 0 Å². The van der Waals surface area contributed by atoms with Crippen LogP contribution < -0.4 is 0 Å². The van der Waals surface area contributed by atoms with Crippen molar-refractivity contribution in [3.05, 3.63) is 59.9 Å². The Morgan fingerprint density at radius 1 is 1.33 bits per heavy atom. The second kappa shape index (κ2) is 5.10. The lowest BCUT2D eigenvalue weighted by Gasteiger charge is -2.00. The van der Waals surface area contributed by atoms with Gasteiger partial charge in [-0.3, -0.25) is 0 Å². The number of carboxylic acids is 1. The van der Waals surface area contributed by atoms with E-state index in [-0.39, 0.29) is 5.56 Å². The number of hydrogen-bond acceptors (Lipinski definition) is 1. The van der Waals surface area contributed by atoms with Crippen LogP contribution >= 0.6 is 11.6 Å². The van der Waals surface area contributed by atoms with Crippen molar-refractivity contribution in [3.8, 4) is 11.1 Å². The van der Waals surface area contributed by atoms with Gasteiger partial charge in [0.15, 0.2) is 0 Å². The van der Waals surface area contributed by atoms with E-state index in [2.05, 4.69) is 6.58 Å². The van der Waals surface area contributed by atoms with Gasteiger partial charge in [0.1, 0.15) is 0 Å². The second-order valence-corrected chi connectivity index (χ2v) is 4.32. The quantitative estimate of drug-likeness (QED) is 0.853. The highest BCUT2D eigenvalue weighted by atomic mass is 35.5. The molecule has 0 aliphatic rings. The maximum Gasteiger partial charge on any atom is 0.337 e. The average molecular weight is 262 g/mol. The summed E-state index contributed by atoms with van der Waals surface area (Å²) in [5.41, 5.74) is 1.79. The molecule has 0 saturated carbocycles. The SMILES string of the molecule is C=CCn1cc(C(=O)O)c(-c2ccc(Cl)cc2)c1. The summed E-state index contributed by atoms with van der Waals surface area (Å²) in [6.07, 6.45) is 5.12. The molecule has 0 bridgehead atoms. The van der Waals surface area contributed by atoms with Crippen LogP contribution in [0.2, 0.25) is 5.02 Å². The number of nitrogens with zero attached hydrogens (tertiary/aromatic N) is 1. The monoisotopic (exact) mass is 261 g/mol. The van der Waals surface area contributed by atoms with Crippen LogP contribution in [0.15, 0.2) is 49.3 Å². The van der Waals surface area contributed by atoms with Gasteiger partial charge in [0.05, 0.1) is 5.56 Å². The molecule has 0 atom stereocenters. The summed E-state index contributed by atoms with van der Waals surface area (Å²) in [5, 5.41) is 9.82. The fraction of sp³-hybridized carbons (Fsp3) is 0.0714. The molecule has 0 aliphatic heterocycles. The Hall–Kier alpha value is -2.00. The first-order valence-corrected chi connectivity index (χ1v) is 5.79. The Morgan fingerprint density at radius 2 is 2.00 bits per heavy atom. The molecule has 18 heavy (non-hydrogen) atoms. The third-order valence-electron chi connectivity index (χ3n) is 2.61. The maximum absolute atomic E-state index is 11.2. The van der Waals surface area contributed by atoms with E-state index in [4.69, 9.17) is 11.6 Å². The number of allylic oxidation sites excluding steroid dienone is 1. The summed E-state index contributed by atoms with van der Waals surface area (Å²) >= 11 is 5.82. The zero-order valence-corrected chi connectivity index (χ0v) is 10.4. The predicted molar refractivity (Wildman–Crippen MR) is 72.0 cm³/mol. The van der Waals surface area contributed by atoms with Crippen LogP contribution in [0.5, 0.6) is 0 Å². The summed E-state index contributed by atoms with van der Waals surface area (Å²) in [7, 11) is 0. The Balaban J connectivity index is 2.51. The highest BCUT2D eigenvalue weighted by Crippen LogP contribution is 2.26. The third kappa shape index (κ3) is 2.46. The average Bonchev–Trinajstić information content (AvgIpc) is 2.75. The highest BCUT2D eigenvalue weighted by Gasteiger charge is 2.14. The molecule has 0 unspecified atom stereocenters. The lowest BCUT2D eigenvalue weighted by Crippen LogP contribution is -1.96. The first-order chi connectivity index (χ1) is 8.61. The van der Waals surface area contributed by atoms with E-state index >= 15 is 0 Å². The van der Waals surface area contributed by atoms with Gasteiger partial charge in [-0.15, -0.1) is 6.58 Å². The molecule has 1 N–H and O–H groups in total. The van der Waals surface area contributed by atoms with Crippen molar-refractivity contribution in [2.45, 2.75) is 6.54 Å². The van der Waals surface area contributed by atoms with E-state index in [1.807, 2.05) is 12.1 Å². The van der Waals surface area contributed by atoms with Crippen LogP contribution in [0.1, 0.15) is 10.4 Å². The van der Waals surface area contributed by atoms with Gasteiger partial charge in [0, 0.05) is 29.5 Å². The van der Waals surface area contributed by atoms with Gasteiger partial charge in [0.25, 0.3) is 0 Å². The van der Waals surface area contributed by atoms with Crippen molar-refractivity contribution >= 4 is 17.6 Å². The van der Waals surface area contributed by atoms with E-state index in [1.54, 1.807) is 35.2 Å². The maximum atomic E-state index is 11.2. The molecule has 1 aromatic carbocycles. The first kappa shape index (κ1) is 12.5. The molecule has 2 aromatic rings. The third-order valence-corrected chi connectivity index (χ3v) is 2.86. The molecule has 3 nitrogen and oxygen atoms in total. The number of halogens is 1. The van der Waals surface area contributed by atoms with Crippen molar-refractivity contribution in [1.29, 1.82) is 0 Å². The predicted octanol–water partition coefficient (Wildman–Crippen LogP) is 3.69. The summed E-state index contributed by atoms with van der Waals surface area (Å²) in [4.78, 5) is 11.2. The lowest BCUT2D eigenvalue weighted by atomic mass is 10.1. The summed E-state index contributed by atoms with van der Waals surface area (Å²) in [6, 6.07) is 7.10. The number of carbonyl (C=O) groups is 1. The molecule has 2 rings (SSSR count). The number of aromatic carboxylic acids is 1. The van der Waals surface area contributed by atoms with Crippen molar-refractivity contribution in [1.82, 2.24) is 4.57 Å². The van der Waals surface area contributed by atoms with Crippen LogP contribution in [-0.2, 0) is 6.54 Å². The molecule has 0 aliphatic carbocycles. The van der Waals surface area contributed by atoms with Crippen molar-refractivity contribution in [2.75, 3.05) is 0 Å². The van der Waals surface area contributed by atoms with Crippen LogP contribution in [0.3, 0.4) is 0 Å². The molecule has 1 aromatic heterocycles. The molecule has 0 spiro atoms. The van der Waals surface area contributed by atoms with E-state index in [9.17, 15) is 9.90 Å². The van der Waals surface area contributed by atoms with Crippen LogP contribution in [0.4, 0.5) is 0 Å². The van der Waals surface area contributed by atoms with E-state index in [0.29, 0.717) is 17.1 Å². The van der Waals surface area contributed by atoms with Crippen LogP contribution in [-0.4, -0.2) is 15.6 Å². The summed E-state index contributed by atoms with van der Waals surface area (Å²) < 4.78 is 1.79. The van der Waals surface area contributed by atoms with Crippen LogP contribution in [0.25, 0.3) is 11.1 Å². The van der Waals surface area contributed by atoms with Gasteiger partial charge in [-0.05, 0) is 17.7 Å². The number of aromatic nitrogens is 1. The van der Waals surface area contributed by atoms with Gasteiger partial charge >= 0.3 is 5.97 Å². The molecule has 92 valence electrons. The first-order valence-electron chi connectivity index (χ1n) is 5.41. The minimum absolute atomic E-state index is 0.277.